The van der Waals surface area contributed by atoms with Crippen molar-refractivity contribution in [2.24, 2.45) is 11.3 Å². The standard InChI is InChI=1S/C26H26N2OS2/c1-26(2,3)16-11-12-17-18(14-16)28-25-21(20(17)19-10-7-13-30-19)22(27)24(31-25)23(29)15-8-5-4-6-9-15/h4-10,13,16H,11-12,14,27H2,1-3H3. The number of hydrogen-bond acceptors (Lipinski definition) is 5. The van der Waals surface area contributed by atoms with Crippen molar-refractivity contribution in [2.45, 2.75) is 40.0 Å². The Morgan fingerprint density at radius 1 is 1.13 bits per heavy atom. The van der Waals surface area contributed by atoms with Crippen molar-refractivity contribution in [3.8, 4) is 10.4 Å². The van der Waals surface area contributed by atoms with Gasteiger partial charge in [0.15, 0.2) is 0 Å². The lowest BCUT2D eigenvalue weighted by molar-refractivity contribution is 0.104. The van der Waals surface area contributed by atoms with Crippen LogP contribution in [0.2, 0.25) is 0 Å². The van der Waals surface area contributed by atoms with Crippen molar-refractivity contribution in [3.63, 3.8) is 0 Å². The van der Waals surface area contributed by atoms with Gasteiger partial charge in [0.1, 0.15) is 9.71 Å². The van der Waals surface area contributed by atoms with Crippen LogP contribution in [0.25, 0.3) is 20.7 Å². The van der Waals surface area contributed by atoms with E-state index in [1.165, 1.54) is 33.0 Å². The molecule has 3 heterocycles. The SMILES string of the molecule is CC(C)(C)C1CCc2c(nc3sc(C(=O)c4ccccc4)c(N)c3c2-c2cccs2)C1. The zero-order valence-corrected chi connectivity index (χ0v) is 19.7. The fraction of sp³-hybridized carbons (Fsp3) is 0.308. The number of hydrogen-bond donors (Lipinski definition) is 1. The van der Waals surface area contributed by atoms with Crippen molar-refractivity contribution in [1.82, 2.24) is 4.98 Å². The fourth-order valence-corrected chi connectivity index (χ4v) is 6.54. The number of thiophene rings is 2. The molecule has 1 atom stereocenters. The number of benzene rings is 1. The summed E-state index contributed by atoms with van der Waals surface area (Å²) in [6, 6.07) is 13.6. The van der Waals surface area contributed by atoms with Gasteiger partial charge in [-0.25, -0.2) is 4.98 Å². The molecule has 5 heteroatoms. The molecular weight excluding hydrogens is 420 g/mol. The molecule has 1 aliphatic carbocycles. The second-order valence-electron chi connectivity index (χ2n) is 9.42. The van der Waals surface area contributed by atoms with Crippen molar-refractivity contribution >= 4 is 44.4 Å². The normalized spacial score (nSPS) is 16.4. The minimum atomic E-state index is -0.0243. The van der Waals surface area contributed by atoms with E-state index in [4.69, 9.17) is 10.7 Å². The van der Waals surface area contributed by atoms with E-state index in [-0.39, 0.29) is 11.2 Å². The molecule has 0 amide bonds. The Hall–Kier alpha value is -2.50. The van der Waals surface area contributed by atoms with E-state index < -0.39 is 0 Å². The number of pyridine rings is 1. The number of nitrogen functional groups attached to an aromatic ring is 1. The molecule has 0 bridgehead atoms. The monoisotopic (exact) mass is 446 g/mol. The van der Waals surface area contributed by atoms with Gasteiger partial charge in [-0.2, -0.15) is 0 Å². The Balaban J connectivity index is 1.73. The Kier molecular flexibility index (Phi) is 4.98. The molecule has 1 aromatic carbocycles. The summed E-state index contributed by atoms with van der Waals surface area (Å²) in [6.45, 7) is 6.96. The molecule has 4 aromatic rings. The van der Waals surface area contributed by atoms with Crippen LogP contribution < -0.4 is 5.73 Å². The van der Waals surface area contributed by atoms with Crippen molar-refractivity contribution in [3.05, 3.63) is 69.5 Å². The summed E-state index contributed by atoms with van der Waals surface area (Å²) < 4.78 is 0. The van der Waals surface area contributed by atoms with Gasteiger partial charge in [0.05, 0.1) is 5.69 Å². The number of anilines is 1. The highest BCUT2D eigenvalue weighted by Gasteiger charge is 2.33. The molecule has 3 nitrogen and oxygen atoms in total. The van der Waals surface area contributed by atoms with Crippen LogP contribution >= 0.6 is 22.7 Å². The number of carbonyl (C=O) groups is 1. The molecule has 31 heavy (non-hydrogen) atoms. The van der Waals surface area contributed by atoms with Crippen LogP contribution in [0.15, 0.2) is 47.8 Å². The van der Waals surface area contributed by atoms with Crippen LogP contribution in [0, 0.1) is 11.3 Å². The number of ketones is 1. The molecule has 0 fully saturated rings. The van der Waals surface area contributed by atoms with Crippen LogP contribution in [0.3, 0.4) is 0 Å². The second kappa shape index (κ2) is 7.57. The van der Waals surface area contributed by atoms with Gasteiger partial charge in [0, 0.05) is 27.1 Å². The molecular formula is C26H26N2OS2. The Morgan fingerprint density at radius 2 is 1.90 bits per heavy atom. The molecule has 0 saturated heterocycles. The van der Waals surface area contributed by atoms with E-state index in [0.717, 1.165) is 29.5 Å². The number of nitrogens with zero attached hydrogens (tertiary/aromatic N) is 1. The van der Waals surface area contributed by atoms with E-state index >= 15 is 0 Å². The quantitative estimate of drug-likeness (QED) is 0.345. The molecule has 5 rings (SSSR count). The highest BCUT2D eigenvalue weighted by Crippen LogP contribution is 2.47. The zero-order valence-electron chi connectivity index (χ0n) is 18.1. The predicted octanol–water partition coefficient (Wildman–Crippen LogP) is 6.99. The predicted molar refractivity (Wildman–Crippen MR) is 132 cm³/mol. The van der Waals surface area contributed by atoms with Crippen LogP contribution in [-0.2, 0) is 12.8 Å². The molecule has 0 radical (unpaired) electrons. The van der Waals surface area contributed by atoms with Crippen LogP contribution in [0.5, 0.6) is 0 Å². The first-order valence-electron chi connectivity index (χ1n) is 10.7. The second-order valence-corrected chi connectivity index (χ2v) is 11.4. The lowest BCUT2D eigenvalue weighted by atomic mass is 9.71. The maximum Gasteiger partial charge on any atom is 0.205 e. The summed E-state index contributed by atoms with van der Waals surface area (Å²) in [6.07, 6.45) is 3.14. The van der Waals surface area contributed by atoms with E-state index in [1.807, 2.05) is 30.3 Å². The van der Waals surface area contributed by atoms with Crippen LogP contribution in [-0.4, -0.2) is 10.8 Å². The summed E-state index contributed by atoms with van der Waals surface area (Å²) in [5, 5.41) is 3.06. The third-order valence-electron chi connectivity index (χ3n) is 6.48. The largest absolute Gasteiger partial charge is 0.397 e. The fourth-order valence-electron chi connectivity index (χ4n) is 4.65. The van der Waals surface area contributed by atoms with Gasteiger partial charge in [0.25, 0.3) is 0 Å². The van der Waals surface area contributed by atoms with E-state index in [9.17, 15) is 4.79 Å². The Morgan fingerprint density at radius 3 is 2.58 bits per heavy atom. The summed E-state index contributed by atoms with van der Waals surface area (Å²) in [7, 11) is 0. The maximum absolute atomic E-state index is 13.2. The highest BCUT2D eigenvalue weighted by atomic mass is 32.1. The van der Waals surface area contributed by atoms with Gasteiger partial charge in [0.2, 0.25) is 5.78 Å². The number of carbonyl (C=O) groups excluding carboxylic acids is 1. The van der Waals surface area contributed by atoms with E-state index in [2.05, 4.69) is 38.3 Å². The van der Waals surface area contributed by atoms with Gasteiger partial charge in [-0.15, -0.1) is 22.7 Å². The summed E-state index contributed by atoms with van der Waals surface area (Å²) in [5.74, 6) is 0.577. The first kappa shape index (κ1) is 20.4. The third kappa shape index (κ3) is 3.50. The van der Waals surface area contributed by atoms with E-state index in [0.29, 0.717) is 22.0 Å². The highest BCUT2D eigenvalue weighted by molar-refractivity contribution is 7.21. The number of rotatable bonds is 3. The topological polar surface area (TPSA) is 56.0 Å². The van der Waals surface area contributed by atoms with Crippen molar-refractivity contribution < 1.29 is 4.79 Å². The summed E-state index contributed by atoms with van der Waals surface area (Å²) in [4.78, 5) is 21.0. The first-order chi connectivity index (χ1) is 14.8. The van der Waals surface area contributed by atoms with Gasteiger partial charge in [-0.05, 0) is 47.6 Å². The average molecular weight is 447 g/mol. The molecule has 3 aromatic heterocycles. The zero-order chi connectivity index (χ0) is 21.8. The Bertz CT molecular complexity index is 1260. The molecule has 2 N–H and O–H groups in total. The maximum atomic E-state index is 13.2. The van der Waals surface area contributed by atoms with E-state index in [1.54, 1.807) is 11.3 Å². The van der Waals surface area contributed by atoms with Gasteiger partial charge >= 0.3 is 0 Å². The van der Waals surface area contributed by atoms with Gasteiger partial charge < -0.3 is 5.73 Å². The Labute approximate surface area is 191 Å². The van der Waals surface area contributed by atoms with Crippen molar-refractivity contribution in [1.29, 1.82) is 0 Å². The lowest BCUT2D eigenvalue weighted by Crippen LogP contribution is -2.27. The van der Waals surface area contributed by atoms with Gasteiger partial charge in [-0.1, -0.05) is 57.2 Å². The molecule has 0 saturated carbocycles. The minimum Gasteiger partial charge on any atom is -0.397 e. The minimum absolute atomic E-state index is 0.0243. The van der Waals surface area contributed by atoms with Crippen LogP contribution in [0.1, 0.15) is 53.7 Å². The number of fused-ring (bicyclic) bond motifs is 2. The third-order valence-corrected chi connectivity index (χ3v) is 8.47. The summed E-state index contributed by atoms with van der Waals surface area (Å²) >= 11 is 3.17. The lowest BCUT2D eigenvalue weighted by Gasteiger charge is -2.35. The van der Waals surface area contributed by atoms with Gasteiger partial charge in [-0.3, -0.25) is 4.79 Å². The molecule has 1 unspecified atom stereocenters. The van der Waals surface area contributed by atoms with Crippen LogP contribution in [0.4, 0.5) is 5.69 Å². The smallest absolute Gasteiger partial charge is 0.205 e. The molecule has 1 aliphatic rings. The molecule has 0 spiro atoms. The number of aromatic nitrogens is 1. The molecule has 0 aliphatic heterocycles. The number of nitrogens with two attached hydrogens (primary N) is 1. The summed E-state index contributed by atoms with van der Waals surface area (Å²) in [5.41, 5.74) is 11.9. The molecule has 158 valence electrons. The average Bonchev–Trinajstić information content (AvgIpc) is 3.40. The van der Waals surface area contributed by atoms with Crippen molar-refractivity contribution in [2.75, 3.05) is 5.73 Å². The first-order valence-corrected chi connectivity index (χ1v) is 12.4.